The number of nitrogens with zero attached hydrogens (tertiary/aromatic N) is 2. The molecule has 2 aliphatic rings. The molecule has 0 aromatic carbocycles. The van der Waals surface area contributed by atoms with Crippen LogP contribution in [0.25, 0.3) is 0 Å². The van der Waals surface area contributed by atoms with E-state index in [-0.39, 0.29) is 17.6 Å². The lowest BCUT2D eigenvalue weighted by atomic mass is 9.68. The monoisotopic (exact) mass is 481 g/mol. The molecule has 0 bridgehead atoms. The molecule has 3 heterocycles. The number of nitrogens with two attached hydrogens (primary N) is 1. The minimum atomic E-state index is -4.16. The van der Waals surface area contributed by atoms with Crippen molar-refractivity contribution >= 4 is 21.6 Å². The summed E-state index contributed by atoms with van der Waals surface area (Å²) in [4.78, 5) is 5.59. The lowest BCUT2D eigenvalue weighted by molar-refractivity contribution is -0.115. The summed E-state index contributed by atoms with van der Waals surface area (Å²) in [5.74, 6) is 0.702. The highest BCUT2D eigenvalue weighted by atomic mass is 32.2. The standard InChI is InChI=1S/C22H31N3O5S2/c1-28-18-7-15-31-19(18)16-25(30-32(23,26)27)13-10-21(20-6-2-5-12-24-20)11-14-29-22(17-21)8-3-4-9-22/h2,5-7,12,15H,3-4,8-11,13-14,16-17H2,1H3,(H2,23,26,27)/t21-/m1/s1. The molecule has 32 heavy (non-hydrogen) atoms. The van der Waals surface area contributed by atoms with E-state index >= 15 is 0 Å². The van der Waals surface area contributed by atoms with Gasteiger partial charge in [-0.05, 0) is 55.7 Å². The Hall–Kier alpha value is -1.56. The van der Waals surface area contributed by atoms with E-state index in [0.29, 0.717) is 25.3 Å². The predicted molar refractivity (Wildman–Crippen MR) is 122 cm³/mol. The maximum atomic E-state index is 11.8. The molecule has 176 valence electrons. The summed E-state index contributed by atoms with van der Waals surface area (Å²) in [6.45, 7) is 1.31. The van der Waals surface area contributed by atoms with Crippen LogP contribution in [0.2, 0.25) is 0 Å². The summed E-state index contributed by atoms with van der Waals surface area (Å²) >= 11 is 1.49. The van der Waals surface area contributed by atoms with Crippen LogP contribution in [-0.4, -0.2) is 44.3 Å². The number of hydrogen-bond donors (Lipinski definition) is 1. The molecule has 2 N–H and O–H groups in total. The molecule has 1 saturated carbocycles. The van der Waals surface area contributed by atoms with E-state index in [1.54, 1.807) is 7.11 Å². The van der Waals surface area contributed by atoms with Crippen molar-refractivity contribution in [3.63, 3.8) is 0 Å². The maximum absolute atomic E-state index is 11.8. The number of thiophene rings is 1. The number of hydroxylamine groups is 2. The fraction of sp³-hybridized carbons (Fsp3) is 0.591. The normalized spacial score (nSPS) is 23.1. The Morgan fingerprint density at radius 2 is 2.06 bits per heavy atom. The highest BCUT2D eigenvalue weighted by Gasteiger charge is 2.48. The Bertz CT molecular complexity index is 992. The van der Waals surface area contributed by atoms with Crippen molar-refractivity contribution in [3.8, 4) is 5.75 Å². The van der Waals surface area contributed by atoms with Crippen molar-refractivity contribution < 1.29 is 22.2 Å². The number of hydrogen-bond acceptors (Lipinski definition) is 8. The third-order valence-corrected chi connectivity index (χ3v) is 7.97. The summed E-state index contributed by atoms with van der Waals surface area (Å²) in [7, 11) is -2.56. The van der Waals surface area contributed by atoms with E-state index < -0.39 is 10.3 Å². The first kappa shape index (κ1) is 23.6. The lowest BCUT2D eigenvalue weighted by Gasteiger charge is -2.46. The first-order chi connectivity index (χ1) is 15.3. The van der Waals surface area contributed by atoms with Crippen LogP contribution in [0.4, 0.5) is 0 Å². The first-order valence-electron chi connectivity index (χ1n) is 11.0. The highest BCUT2D eigenvalue weighted by molar-refractivity contribution is 7.84. The zero-order valence-electron chi connectivity index (χ0n) is 18.4. The summed E-state index contributed by atoms with van der Waals surface area (Å²) in [6, 6.07) is 7.85. The molecule has 0 amide bonds. The number of pyridine rings is 1. The second kappa shape index (κ2) is 9.74. The van der Waals surface area contributed by atoms with Gasteiger partial charge in [0.2, 0.25) is 0 Å². The van der Waals surface area contributed by atoms with Gasteiger partial charge in [0, 0.05) is 30.5 Å². The van der Waals surface area contributed by atoms with Crippen molar-refractivity contribution in [2.75, 3.05) is 20.3 Å². The Labute approximate surface area is 193 Å². The van der Waals surface area contributed by atoms with Gasteiger partial charge in [0.05, 0.1) is 24.1 Å². The van der Waals surface area contributed by atoms with Crippen molar-refractivity contribution in [2.24, 2.45) is 5.14 Å². The molecule has 2 aromatic heterocycles. The zero-order valence-corrected chi connectivity index (χ0v) is 20.0. The summed E-state index contributed by atoms with van der Waals surface area (Å²) < 4.78 is 40.4. The van der Waals surface area contributed by atoms with Crippen LogP contribution in [0, 0.1) is 0 Å². The van der Waals surface area contributed by atoms with Gasteiger partial charge in [0.1, 0.15) is 5.75 Å². The van der Waals surface area contributed by atoms with Crippen molar-refractivity contribution in [1.82, 2.24) is 10.0 Å². The minimum absolute atomic E-state index is 0.113. The largest absolute Gasteiger partial charge is 0.496 e. The van der Waals surface area contributed by atoms with Crippen LogP contribution < -0.4 is 9.88 Å². The fourth-order valence-electron chi connectivity index (χ4n) is 5.21. The number of ether oxygens (including phenoxy) is 2. The van der Waals surface area contributed by atoms with Crippen molar-refractivity contribution in [1.29, 1.82) is 0 Å². The van der Waals surface area contributed by atoms with E-state index in [9.17, 15) is 8.42 Å². The molecule has 1 atom stereocenters. The molecule has 0 radical (unpaired) electrons. The Morgan fingerprint density at radius 3 is 2.75 bits per heavy atom. The minimum Gasteiger partial charge on any atom is -0.496 e. The van der Waals surface area contributed by atoms with Crippen molar-refractivity contribution in [3.05, 3.63) is 46.4 Å². The van der Waals surface area contributed by atoms with E-state index in [1.165, 1.54) is 29.2 Å². The summed E-state index contributed by atoms with van der Waals surface area (Å²) in [5, 5.41) is 8.56. The number of rotatable bonds is 9. The van der Waals surface area contributed by atoms with E-state index in [2.05, 4.69) is 6.07 Å². The zero-order chi connectivity index (χ0) is 22.7. The molecule has 2 fully saturated rings. The Balaban J connectivity index is 1.58. The molecular formula is C22H31N3O5S2. The van der Waals surface area contributed by atoms with Crippen LogP contribution in [0.1, 0.15) is 55.5 Å². The second-order valence-corrected chi connectivity index (χ2v) is 10.9. The van der Waals surface area contributed by atoms with Gasteiger partial charge in [0.15, 0.2) is 0 Å². The van der Waals surface area contributed by atoms with Gasteiger partial charge >= 0.3 is 10.3 Å². The third-order valence-electron chi connectivity index (χ3n) is 6.67. The van der Waals surface area contributed by atoms with Gasteiger partial charge in [-0.3, -0.25) is 4.98 Å². The maximum Gasteiger partial charge on any atom is 0.349 e. The van der Waals surface area contributed by atoms with E-state index in [1.807, 2.05) is 29.8 Å². The molecule has 0 unspecified atom stereocenters. The quantitative estimate of drug-likeness (QED) is 0.546. The average molecular weight is 482 g/mol. The molecule has 2 aromatic rings. The van der Waals surface area contributed by atoms with Gasteiger partial charge < -0.3 is 9.47 Å². The first-order valence-corrected chi connectivity index (χ1v) is 13.3. The van der Waals surface area contributed by atoms with Gasteiger partial charge in [-0.2, -0.15) is 17.8 Å². The van der Waals surface area contributed by atoms with Crippen LogP contribution in [0.3, 0.4) is 0 Å². The van der Waals surface area contributed by atoms with Crippen LogP contribution in [-0.2, 0) is 31.3 Å². The van der Waals surface area contributed by atoms with Crippen LogP contribution in [0.5, 0.6) is 5.75 Å². The highest BCUT2D eigenvalue weighted by Crippen LogP contribution is 2.49. The molecule has 1 aliphatic carbocycles. The molecule has 10 heteroatoms. The third kappa shape index (κ3) is 5.49. The van der Waals surface area contributed by atoms with Gasteiger partial charge in [-0.1, -0.05) is 18.9 Å². The topological polar surface area (TPSA) is 104 Å². The Morgan fingerprint density at radius 1 is 1.25 bits per heavy atom. The Kier molecular flexibility index (Phi) is 7.18. The van der Waals surface area contributed by atoms with Crippen LogP contribution >= 0.6 is 11.3 Å². The number of aromatic nitrogens is 1. The van der Waals surface area contributed by atoms with E-state index in [4.69, 9.17) is 23.9 Å². The molecule has 4 rings (SSSR count). The SMILES string of the molecule is COc1ccsc1CN(CC[C@@]1(c2ccccn2)CCOC2(CCCC2)C1)OS(N)(=O)=O. The summed E-state index contributed by atoms with van der Waals surface area (Å²) in [5.41, 5.74) is 0.695. The molecule has 1 saturated heterocycles. The van der Waals surface area contributed by atoms with Crippen molar-refractivity contribution in [2.45, 2.75) is 62.5 Å². The lowest BCUT2D eigenvalue weighted by Crippen LogP contribution is -2.48. The molecular weight excluding hydrogens is 450 g/mol. The van der Waals surface area contributed by atoms with Crippen LogP contribution in [0.15, 0.2) is 35.8 Å². The molecule has 1 aliphatic heterocycles. The number of methoxy groups -OCH3 is 1. The van der Waals surface area contributed by atoms with E-state index in [0.717, 1.165) is 36.3 Å². The fourth-order valence-corrected chi connectivity index (χ4v) is 6.47. The smallest absolute Gasteiger partial charge is 0.349 e. The predicted octanol–water partition coefficient (Wildman–Crippen LogP) is 3.54. The molecule has 1 spiro atoms. The summed E-state index contributed by atoms with van der Waals surface area (Å²) in [6.07, 6.45) is 8.69. The molecule has 8 nitrogen and oxygen atoms in total. The average Bonchev–Trinajstić information content (AvgIpc) is 3.41. The van der Waals surface area contributed by atoms with Gasteiger partial charge in [0.25, 0.3) is 0 Å². The van der Waals surface area contributed by atoms with Gasteiger partial charge in [-0.25, -0.2) is 5.14 Å². The van der Waals surface area contributed by atoms with Gasteiger partial charge in [-0.15, -0.1) is 11.3 Å². The second-order valence-electron chi connectivity index (χ2n) is 8.75.